The Morgan fingerprint density at radius 1 is 1.21 bits per heavy atom. The van der Waals surface area contributed by atoms with E-state index in [1.807, 2.05) is 0 Å². The van der Waals surface area contributed by atoms with Gasteiger partial charge in [0.05, 0.1) is 0 Å². The van der Waals surface area contributed by atoms with Crippen LogP contribution in [-0.2, 0) is 13.1 Å². The quantitative estimate of drug-likeness (QED) is 0.849. The second-order valence-corrected chi connectivity index (χ2v) is 6.20. The normalized spacial score (nSPS) is 11.2. The van der Waals surface area contributed by atoms with Gasteiger partial charge in [0.1, 0.15) is 0 Å². The molecule has 0 aliphatic carbocycles. The number of rotatable bonds is 6. The molecule has 1 heterocycles. The maximum absolute atomic E-state index is 3.52. The minimum absolute atomic E-state index is 0.688. The van der Waals surface area contributed by atoms with Gasteiger partial charge in [0, 0.05) is 29.5 Å². The van der Waals surface area contributed by atoms with Gasteiger partial charge in [-0.2, -0.15) is 0 Å². The van der Waals surface area contributed by atoms with E-state index >= 15 is 0 Å². The van der Waals surface area contributed by atoms with Crippen LogP contribution in [0.15, 0.2) is 47.1 Å². The molecule has 0 spiro atoms. The van der Waals surface area contributed by atoms with Gasteiger partial charge < -0.3 is 9.88 Å². The zero-order chi connectivity index (χ0) is 13.7. The fourth-order valence-corrected chi connectivity index (χ4v) is 2.53. The number of benzene rings is 1. The molecule has 0 atom stereocenters. The van der Waals surface area contributed by atoms with Gasteiger partial charge in [0.25, 0.3) is 0 Å². The second kappa shape index (κ2) is 6.92. The Morgan fingerprint density at radius 2 is 2.05 bits per heavy atom. The summed E-state index contributed by atoms with van der Waals surface area (Å²) >= 11 is 3.52. The van der Waals surface area contributed by atoms with Crippen LogP contribution in [0.3, 0.4) is 0 Å². The maximum atomic E-state index is 3.52. The molecule has 1 aromatic heterocycles. The van der Waals surface area contributed by atoms with E-state index in [1.54, 1.807) is 0 Å². The Balaban J connectivity index is 1.99. The van der Waals surface area contributed by atoms with E-state index in [4.69, 9.17) is 0 Å². The van der Waals surface area contributed by atoms with Crippen molar-refractivity contribution >= 4 is 15.9 Å². The third-order valence-corrected chi connectivity index (χ3v) is 3.52. The van der Waals surface area contributed by atoms with Crippen LogP contribution in [0.25, 0.3) is 0 Å². The van der Waals surface area contributed by atoms with E-state index in [0.717, 1.165) is 24.1 Å². The number of hydrogen-bond donors (Lipinski definition) is 1. The third-order valence-electron chi connectivity index (χ3n) is 3.02. The van der Waals surface area contributed by atoms with Crippen LogP contribution in [0.4, 0.5) is 0 Å². The Bertz CT molecular complexity index is 517. The standard InChI is InChI=1S/C16H21BrN2/c1-13(2)10-18-11-16-7-4-8-19(16)12-14-5-3-6-15(17)9-14/h3-9,13,18H,10-12H2,1-2H3. The molecule has 1 aromatic carbocycles. The highest BCUT2D eigenvalue weighted by molar-refractivity contribution is 9.10. The van der Waals surface area contributed by atoms with E-state index in [-0.39, 0.29) is 0 Å². The van der Waals surface area contributed by atoms with Crippen LogP contribution in [0.2, 0.25) is 0 Å². The predicted molar refractivity (Wildman–Crippen MR) is 84.2 cm³/mol. The van der Waals surface area contributed by atoms with Crippen molar-refractivity contribution in [3.8, 4) is 0 Å². The van der Waals surface area contributed by atoms with Crippen molar-refractivity contribution in [3.63, 3.8) is 0 Å². The van der Waals surface area contributed by atoms with Crippen molar-refractivity contribution in [2.45, 2.75) is 26.9 Å². The highest BCUT2D eigenvalue weighted by Gasteiger charge is 2.02. The van der Waals surface area contributed by atoms with Crippen molar-refractivity contribution < 1.29 is 0 Å². The molecule has 0 saturated heterocycles. The van der Waals surface area contributed by atoms with E-state index < -0.39 is 0 Å². The summed E-state index contributed by atoms with van der Waals surface area (Å²) in [6, 6.07) is 12.8. The number of nitrogens with one attached hydrogen (secondary N) is 1. The molecule has 0 unspecified atom stereocenters. The fraction of sp³-hybridized carbons (Fsp3) is 0.375. The molecule has 0 aliphatic heterocycles. The molecule has 0 aliphatic rings. The first-order valence-electron chi connectivity index (χ1n) is 6.74. The summed E-state index contributed by atoms with van der Waals surface area (Å²) in [4.78, 5) is 0. The third kappa shape index (κ3) is 4.51. The molecule has 3 heteroatoms. The Kier molecular flexibility index (Phi) is 5.23. The number of halogens is 1. The Labute approximate surface area is 124 Å². The molecule has 0 radical (unpaired) electrons. The van der Waals surface area contributed by atoms with E-state index in [1.165, 1.54) is 11.3 Å². The van der Waals surface area contributed by atoms with Crippen molar-refractivity contribution in [1.82, 2.24) is 9.88 Å². The first kappa shape index (κ1) is 14.4. The molecular formula is C16H21BrN2. The summed E-state index contributed by atoms with van der Waals surface area (Å²) in [5.74, 6) is 0.688. The molecule has 0 bridgehead atoms. The van der Waals surface area contributed by atoms with E-state index in [0.29, 0.717) is 5.92 Å². The van der Waals surface area contributed by atoms with Crippen molar-refractivity contribution in [3.05, 3.63) is 58.3 Å². The molecule has 1 N–H and O–H groups in total. The number of nitrogens with zero attached hydrogens (tertiary/aromatic N) is 1. The van der Waals surface area contributed by atoms with E-state index in [9.17, 15) is 0 Å². The molecule has 2 aromatic rings. The second-order valence-electron chi connectivity index (χ2n) is 5.28. The first-order chi connectivity index (χ1) is 9.15. The molecule has 2 nitrogen and oxygen atoms in total. The molecule has 2 rings (SSSR count). The first-order valence-corrected chi connectivity index (χ1v) is 7.53. The van der Waals surface area contributed by atoms with Gasteiger partial charge in [-0.3, -0.25) is 0 Å². The van der Waals surface area contributed by atoms with Gasteiger partial charge in [-0.1, -0.05) is 41.9 Å². The van der Waals surface area contributed by atoms with Crippen LogP contribution >= 0.6 is 15.9 Å². The number of aromatic nitrogens is 1. The average molecular weight is 321 g/mol. The summed E-state index contributed by atoms with van der Waals surface area (Å²) in [6.07, 6.45) is 2.15. The van der Waals surface area contributed by atoms with Crippen molar-refractivity contribution in [1.29, 1.82) is 0 Å². The summed E-state index contributed by atoms with van der Waals surface area (Å²) in [7, 11) is 0. The fourth-order valence-electron chi connectivity index (χ4n) is 2.09. The minimum atomic E-state index is 0.688. The van der Waals surface area contributed by atoms with Gasteiger partial charge in [0.15, 0.2) is 0 Å². The lowest BCUT2D eigenvalue weighted by Gasteiger charge is -2.12. The van der Waals surface area contributed by atoms with Crippen LogP contribution in [0.5, 0.6) is 0 Å². The predicted octanol–water partition coefficient (Wildman–Crippen LogP) is 4.04. The van der Waals surface area contributed by atoms with Crippen LogP contribution in [0.1, 0.15) is 25.1 Å². The molecule has 19 heavy (non-hydrogen) atoms. The smallest absolute Gasteiger partial charge is 0.0473 e. The van der Waals surface area contributed by atoms with Gasteiger partial charge in [0.2, 0.25) is 0 Å². The Hall–Kier alpha value is -1.06. The largest absolute Gasteiger partial charge is 0.346 e. The van der Waals surface area contributed by atoms with Crippen LogP contribution in [-0.4, -0.2) is 11.1 Å². The van der Waals surface area contributed by atoms with Crippen LogP contribution in [0, 0.1) is 5.92 Å². The SMILES string of the molecule is CC(C)CNCc1cccn1Cc1cccc(Br)c1. The van der Waals surface area contributed by atoms with Crippen LogP contribution < -0.4 is 5.32 Å². The number of hydrogen-bond acceptors (Lipinski definition) is 1. The topological polar surface area (TPSA) is 17.0 Å². The molecular weight excluding hydrogens is 300 g/mol. The monoisotopic (exact) mass is 320 g/mol. The molecule has 0 amide bonds. The minimum Gasteiger partial charge on any atom is -0.346 e. The summed E-state index contributed by atoms with van der Waals surface area (Å²) in [5.41, 5.74) is 2.65. The summed E-state index contributed by atoms with van der Waals surface area (Å²) in [6.45, 7) is 7.37. The highest BCUT2D eigenvalue weighted by atomic mass is 79.9. The summed E-state index contributed by atoms with van der Waals surface area (Å²) < 4.78 is 3.44. The van der Waals surface area contributed by atoms with Gasteiger partial charge in [-0.05, 0) is 42.3 Å². The average Bonchev–Trinajstić information content (AvgIpc) is 2.76. The zero-order valence-corrected chi connectivity index (χ0v) is 13.2. The summed E-state index contributed by atoms with van der Waals surface area (Å²) in [5, 5.41) is 3.49. The zero-order valence-electron chi connectivity index (χ0n) is 11.6. The van der Waals surface area contributed by atoms with E-state index in [2.05, 4.69) is 82.3 Å². The Morgan fingerprint density at radius 3 is 2.79 bits per heavy atom. The van der Waals surface area contributed by atoms with Gasteiger partial charge >= 0.3 is 0 Å². The lowest BCUT2D eigenvalue weighted by molar-refractivity contribution is 0.539. The van der Waals surface area contributed by atoms with Crippen molar-refractivity contribution in [2.75, 3.05) is 6.54 Å². The lowest BCUT2D eigenvalue weighted by atomic mass is 10.2. The molecule has 0 saturated carbocycles. The van der Waals surface area contributed by atoms with Crippen molar-refractivity contribution in [2.24, 2.45) is 5.92 Å². The van der Waals surface area contributed by atoms with Gasteiger partial charge in [-0.25, -0.2) is 0 Å². The lowest BCUT2D eigenvalue weighted by Crippen LogP contribution is -2.20. The molecule has 0 fully saturated rings. The maximum Gasteiger partial charge on any atom is 0.0473 e. The van der Waals surface area contributed by atoms with Gasteiger partial charge in [-0.15, -0.1) is 0 Å². The molecule has 102 valence electrons. The highest BCUT2D eigenvalue weighted by Crippen LogP contribution is 2.14.